The van der Waals surface area contributed by atoms with E-state index in [4.69, 9.17) is 4.74 Å². The van der Waals surface area contributed by atoms with Gasteiger partial charge < -0.3 is 10.1 Å². The number of carbonyl (C=O) groups is 1. The van der Waals surface area contributed by atoms with E-state index in [-0.39, 0.29) is 5.91 Å². The summed E-state index contributed by atoms with van der Waals surface area (Å²) in [4.78, 5) is 12.1. The van der Waals surface area contributed by atoms with Crippen molar-refractivity contribution in [3.8, 4) is 5.75 Å². The quantitative estimate of drug-likeness (QED) is 0.936. The first-order chi connectivity index (χ1) is 9.72. The number of halogens is 1. The van der Waals surface area contributed by atoms with Crippen LogP contribution in [0.15, 0.2) is 46.9 Å². The molecule has 2 aromatic carbocycles. The minimum atomic E-state index is -0.0531. The van der Waals surface area contributed by atoms with Crippen molar-refractivity contribution in [2.45, 2.75) is 13.0 Å². The maximum absolute atomic E-state index is 12.1. The highest BCUT2D eigenvalue weighted by Gasteiger charge is 2.14. The third-order valence-electron chi connectivity index (χ3n) is 3.32. The zero-order chi connectivity index (χ0) is 13.9. The summed E-state index contributed by atoms with van der Waals surface area (Å²) in [6.45, 7) is 1.24. The first-order valence-electron chi connectivity index (χ1n) is 6.51. The van der Waals surface area contributed by atoms with Gasteiger partial charge in [-0.1, -0.05) is 28.1 Å². The highest BCUT2D eigenvalue weighted by Crippen LogP contribution is 2.25. The molecule has 1 aliphatic rings. The molecule has 0 fully saturated rings. The first-order valence-corrected chi connectivity index (χ1v) is 7.30. The number of nitrogens with one attached hydrogen (secondary N) is 1. The Balaban J connectivity index is 1.66. The predicted octanol–water partition coefficient (Wildman–Crippen LogP) is 3.31. The molecule has 1 N–H and O–H groups in total. The molecule has 1 heterocycles. The summed E-state index contributed by atoms with van der Waals surface area (Å²) in [7, 11) is 0. The molecule has 3 nitrogen and oxygen atoms in total. The predicted molar refractivity (Wildman–Crippen MR) is 81.0 cm³/mol. The maximum atomic E-state index is 12.1. The van der Waals surface area contributed by atoms with Crippen LogP contribution in [0.5, 0.6) is 5.75 Å². The Morgan fingerprint density at radius 3 is 2.80 bits per heavy atom. The molecule has 4 heteroatoms. The molecular formula is C16H14BrNO2. The summed E-state index contributed by atoms with van der Waals surface area (Å²) < 4.78 is 6.47. The SMILES string of the molecule is O=C(NCc1ccc(Br)cc1)c1ccc2c(c1)CCO2. The second kappa shape index (κ2) is 5.67. The van der Waals surface area contributed by atoms with Gasteiger partial charge in [0.2, 0.25) is 0 Å². The molecule has 0 saturated carbocycles. The zero-order valence-corrected chi connectivity index (χ0v) is 12.4. The third-order valence-corrected chi connectivity index (χ3v) is 3.85. The second-order valence-corrected chi connectivity index (χ2v) is 5.65. The molecule has 0 radical (unpaired) electrons. The summed E-state index contributed by atoms with van der Waals surface area (Å²) in [6, 6.07) is 13.5. The van der Waals surface area contributed by atoms with E-state index in [1.807, 2.05) is 36.4 Å². The van der Waals surface area contributed by atoms with Crippen LogP contribution in [0, 0.1) is 0 Å². The Morgan fingerprint density at radius 1 is 1.20 bits per heavy atom. The average molecular weight is 332 g/mol. The Kier molecular flexibility index (Phi) is 3.74. The van der Waals surface area contributed by atoms with E-state index in [1.54, 1.807) is 6.07 Å². The number of hydrogen-bond donors (Lipinski definition) is 1. The van der Waals surface area contributed by atoms with E-state index in [2.05, 4.69) is 21.2 Å². The molecule has 102 valence electrons. The molecule has 20 heavy (non-hydrogen) atoms. The molecule has 3 rings (SSSR count). The van der Waals surface area contributed by atoms with Crippen molar-refractivity contribution >= 4 is 21.8 Å². The topological polar surface area (TPSA) is 38.3 Å². The molecule has 0 atom stereocenters. The summed E-state index contributed by atoms with van der Waals surface area (Å²) >= 11 is 3.39. The molecule has 0 spiro atoms. The second-order valence-electron chi connectivity index (χ2n) is 4.73. The van der Waals surface area contributed by atoms with Crippen molar-refractivity contribution in [3.05, 3.63) is 63.6 Å². The van der Waals surface area contributed by atoms with E-state index in [1.165, 1.54) is 0 Å². The molecule has 0 aliphatic carbocycles. The Morgan fingerprint density at radius 2 is 2.00 bits per heavy atom. The van der Waals surface area contributed by atoms with Gasteiger partial charge in [-0.25, -0.2) is 0 Å². The fourth-order valence-electron chi connectivity index (χ4n) is 2.21. The lowest BCUT2D eigenvalue weighted by molar-refractivity contribution is 0.0951. The summed E-state index contributed by atoms with van der Waals surface area (Å²) in [5.41, 5.74) is 2.87. The molecule has 0 unspecified atom stereocenters. The van der Waals surface area contributed by atoms with Gasteiger partial charge in [-0.2, -0.15) is 0 Å². The van der Waals surface area contributed by atoms with Gasteiger partial charge in [0.1, 0.15) is 5.75 Å². The van der Waals surface area contributed by atoms with Gasteiger partial charge in [0, 0.05) is 23.0 Å². The number of amides is 1. The summed E-state index contributed by atoms with van der Waals surface area (Å²) in [5.74, 6) is 0.845. The van der Waals surface area contributed by atoms with Gasteiger partial charge in [0.25, 0.3) is 5.91 Å². The average Bonchev–Trinajstić information content (AvgIpc) is 2.93. The van der Waals surface area contributed by atoms with Gasteiger partial charge in [-0.05, 0) is 41.5 Å². The largest absolute Gasteiger partial charge is 0.493 e. The van der Waals surface area contributed by atoms with Crippen LogP contribution in [0.3, 0.4) is 0 Å². The fourth-order valence-corrected chi connectivity index (χ4v) is 2.48. The van der Waals surface area contributed by atoms with Crippen LogP contribution in [-0.4, -0.2) is 12.5 Å². The highest BCUT2D eigenvalue weighted by molar-refractivity contribution is 9.10. The van der Waals surface area contributed by atoms with Crippen molar-refractivity contribution in [3.63, 3.8) is 0 Å². The first kappa shape index (κ1) is 13.2. The number of hydrogen-bond acceptors (Lipinski definition) is 2. The van der Waals surface area contributed by atoms with Gasteiger partial charge in [0.15, 0.2) is 0 Å². The van der Waals surface area contributed by atoms with Crippen LogP contribution in [0.4, 0.5) is 0 Å². The maximum Gasteiger partial charge on any atom is 0.251 e. The summed E-state index contributed by atoms with van der Waals surface area (Å²) in [5, 5.41) is 2.93. The van der Waals surface area contributed by atoms with Gasteiger partial charge in [0.05, 0.1) is 6.61 Å². The van der Waals surface area contributed by atoms with E-state index in [9.17, 15) is 4.79 Å². The standard InChI is InChI=1S/C16H14BrNO2/c17-14-4-1-11(2-5-14)10-18-16(19)13-3-6-15-12(9-13)7-8-20-15/h1-6,9H,7-8,10H2,(H,18,19). The third kappa shape index (κ3) is 2.85. The van der Waals surface area contributed by atoms with Crippen LogP contribution in [0.1, 0.15) is 21.5 Å². The Labute approximate surface area is 126 Å². The lowest BCUT2D eigenvalue weighted by atomic mass is 10.1. The van der Waals surface area contributed by atoms with Gasteiger partial charge >= 0.3 is 0 Å². The van der Waals surface area contributed by atoms with Crippen LogP contribution in [0.25, 0.3) is 0 Å². The minimum Gasteiger partial charge on any atom is -0.493 e. The molecule has 2 aromatic rings. The number of ether oxygens (including phenoxy) is 1. The lowest BCUT2D eigenvalue weighted by Gasteiger charge is -2.07. The van der Waals surface area contributed by atoms with E-state index in [0.29, 0.717) is 18.7 Å². The van der Waals surface area contributed by atoms with Crippen LogP contribution in [-0.2, 0) is 13.0 Å². The van der Waals surface area contributed by atoms with Crippen LogP contribution in [0.2, 0.25) is 0 Å². The van der Waals surface area contributed by atoms with Crippen molar-refractivity contribution < 1.29 is 9.53 Å². The fraction of sp³-hybridized carbons (Fsp3) is 0.188. The molecule has 0 saturated heterocycles. The summed E-state index contributed by atoms with van der Waals surface area (Å²) in [6.07, 6.45) is 0.878. The molecule has 0 bridgehead atoms. The van der Waals surface area contributed by atoms with E-state index in [0.717, 1.165) is 27.8 Å². The number of carbonyl (C=O) groups excluding carboxylic acids is 1. The monoisotopic (exact) mass is 331 g/mol. The van der Waals surface area contributed by atoms with Crippen LogP contribution >= 0.6 is 15.9 Å². The Bertz CT molecular complexity index is 637. The molecule has 1 aliphatic heterocycles. The van der Waals surface area contributed by atoms with E-state index < -0.39 is 0 Å². The minimum absolute atomic E-state index is 0.0531. The van der Waals surface area contributed by atoms with E-state index >= 15 is 0 Å². The van der Waals surface area contributed by atoms with Crippen molar-refractivity contribution in [1.82, 2.24) is 5.32 Å². The highest BCUT2D eigenvalue weighted by atomic mass is 79.9. The smallest absolute Gasteiger partial charge is 0.251 e. The van der Waals surface area contributed by atoms with Gasteiger partial charge in [-0.15, -0.1) is 0 Å². The van der Waals surface area contributed by atoms with Gasteiger partial charge in [-0.3, -0.25) is 4.79 Å². The lowest BCUT2D eigenvalue weighted by Crippen LogP contribution is -2.22. The van der Waals surface area contributed by atoms with Crippen LogP contribution < -0.4 is 10.1 Å². The van der Waals surface area contributed by atoms with Crippen molar-refractivity contribution in [2.75, 3.05) is 6.61 Å². The number of fused-ring (bicyclic) bond motifs is 1. The van der Waals surface area contributed by atoms with Crippen molar-refractivity contribution in [1.29, 1.82) is 0 Å². The zero-order valence-electron chi connectivity index (χ0n) is 10.9. The molecule has 0 aromatic heterocycles. The number of benzene rings is 2. The number of rotatable bonds is 3. The molecular weight excluding hydrogens is 318 g/mol. The van der Waals surface area contributed by atoms with Crippen molar-refractivity contribution in [2.24, 2.45) is 0 Å². The Hall–Kier alpha value is -1.81. The normalized spacial score (nSPS) is 12.7. The molecule has 1 amide bonds.